The number of aliphatic carboxylic acids is 2. The fourth-order valence-corrected chi connectivity index (χ4v) is 0. The summed E-state index contributed by atoms with van der Waals surface area (Å²) in [5, 5.41) is 18.3. The van der Waals surface area contributed by atoms with Gasteiger partial charge in [0, 0.05) is 0 Å². The van der Waals surface area contributed by atoms with E-state index in [1.54, 1.807) is 0 Å². The van der Waals surface area contributed by atoms with Gasteiger partial charge in [-0.05, 0) is 12.2 Å². The standard InChI is InChI=1S/2C3H4O2.Ba/c2*1-2-3(4)5;/h2*2H,1H2,(H,4,5);/q;;+2/p-2. The Morgan fingerprint density at radius 2 is 1.09 bits per heavy atom. The molecule has 0 fully saturated rings. The van der Waals surface area contributed by atoms with Crippen LogP contribution in [0, 0.1) is 0 Å². The van der Waals surface area contributed by atoms with Crippen LogP contribution in [0.25, 0.3) is 0 Å². The molecule has 0 aromatic rings. The molecule has 0 aliphatic carbocycles. The first-order valence-electron chi connectivity index (χ1n) is 2.21. The molecule has 5 heteroatoms. The number of hydrogen-bond acceptors (Lipinski definition) is 4. The summed E-state index contributed by atoms with van der Waals surface area (Å²) in [4.78, 5) is 18.3. The van der Waals surface area contributed by atoms with Crippen LogP contribution < -0.4 is 10.2 Å². The van der Waals surface area contributed by atoms with Gasteiger partial charge in [-0.3, -0.25) is 0 Å². The third-order valence-corrected chi connectivity index (χ3v) is 0.333. The van der Waals surface area contributed by atoms with Gasteiger partial charge in [-0.15, -0.1) is 0 Å². The second kappa shape index (κ2) is 12.6. The van der Waals surface area contributed by atoms with Crippen molar-refractivity contribution in [2.24, 2.45) is 0 Å². The van der Waals surface area contributed by atoms with Gasteiger partial charge in [0.25, 0.3) is 0 Å². The smallest absolute Gasteiger partial charge is 0.545 e. The molecule has 0 heterocycles. The molecule has 0 saturated carbocycles. The van der Waals surface area contributed by atoms with Crippen molar-refractivity contribution in [3.05, 3.63) is 25.3 Å². The van der Waals surface area contributed by atoms with E-state index in [0.717, 1.165) is 12.2 Å². The Hall–Kier alpha value is -0.00857. The van der Waals surface area contributed by atoms with Gasteiger partial charge in [-0.25, -0.2) is 0 Å². The number of rotatable bonds is 2. The SMILES string of the molecule is C=CC(=O)[O-].C=CC(=O)[O-].[Ba+2]. The van der Waals surface area contributed by atoms with Crippen molar-refractivity contribution in [3.8, 4) is 0 Å². The molecule has 0 radical (unpaired) electrons. The first-order valence-corrected chi connectivity index (χ1v) is 2.21. The Balaban J connectivity index is -0.000000107. The third kappa shape index (κ3) is 40.1. The van der Waals surface area contributed by atoms with Gasteiger partial charge in [0.05, 0.1) is 11.9 Å². The molecule has 0 rings (SSSR count). The van der Waals surface area contributed by atoms with Crippen molar-refractivity contribution in [2.45, 2.75) is 0 Å². The summed E-state index contributed by atoms with van der Waals surface area (Å²) >= 11 is 0. The molecule has 0 atom stereocenters. The third-order valence-electron chi connectivity index (χ3n) is 0.333. The maximum Gasteiger partial charge on any atom is 2.00 e. The normalized spacial score (nSPS) is 5.82. The zero-order valence-corrected chi connectivity index (χ0v) is 10.3. The van der Waals surface area contributed by atoms with Crippen LogP contribution in [0.2, 0.25) is 0 Å². The Morgan fingerprint density at radius 3 is 1.09 bits per heavy atom. The summed E-state index contributed by atoms with van der Waals surface area (Å²) in [5.41, 5.74) is 0. The first-order chi connectivity index (χ1) is 4.54. The zero-order chi connectivity index (χ0) is 8.57. The van der Waals surface area contributed by atoms with Crippen molar-refractivity contribution >= 4 is 60.8 Å². The monoisotopic (exact) mass is 280 g/mol. The molecule has 0 N–H and O–H groups in total. The molecule has 0 bridgehead atoms. The average Bonchev–Trinajstić information content (AvgIpc) is 1.89. The van der Waals surface area contributed by atoms with Gasteiger partial charge in [0.1, 0.15) is 0 Å². The molecule has 0 aromatic heterocycles. The summed E-state index contributed by atoms with van der Waals surface area (Å²) in [6.07, 6.45) is 1.44. The molecular weight excluding hydrogens is 273 g/mol. The van der Waals surface area contributed by atoms with Crippen LogP contribution in [-0.2, 0) is 9.59 Å². The summed E-state index contributed by atoms with van der Waals surface area (Å²) < 4.78 is 0. The first kappa shape index (κ1) is 17.2. The Labute approximate surface area is 105 Å². The van der Waals surface area contributed by atoms with Gasteiger partial charge in [0.15, 0.2) is 0 Å². The minimum Gasteiger partial charge on any atom is -0.545 e. The number of carbonyl (C=O) groups excluding carboxylic acids is 2. The van der Waals surface area contributed by atoms with Crippen LogP contribution >= 0.6 is 0 Å². The van der Waals surface area contributed by atoms with Gasteiger partial charge >= 0.3 is 48.9 Å². The Morgan fingerprint density at radius 1 is 1.00 bits per heavy atom. The predicted octanol–water partition coefficient (Wildman–Crippen LogP) is -2.54. The fourth-order valence-electron chi connectivity index (χ4n) is 0. The van der Waals surface area contributed by atoms with E-state index in [1.165, 1.54) is 0 Å². The largest absolute Gasteiger partial charge is 2.00 e. The van der Waals surface area contributed by atoms with Crippen LogP contribution in [0.5, 0.6) is 0 Å². The van der Waals surface area contributed by atoms with Gasteiger partial charge < -0.3 is 19.8 Å². The van der Waals surface area contributed by atoms with Crippen molar-refractivity contribution in [2.75, 3.05) is 0 Å². The molecule has 0 amide bonds. The maximum atomic E-state index is 9.14. The molecular formula is C6H6BaO4. The van der Waals surface area contributed by atoms with Crippen molar-refractivity contribution in [1.29, 1.82) is 0 Å². The quantitative estimate of drug-likeness (QED) is 0.412. The van der Waals surface area contributed by atoms with E-state index in [-0.39, 0.29) is 48.9 Å². The van der Waals surface area contributed by atoms with Crippen LogP contribution in [0.15, 0.2) is 25.3 Å². The number of carboxylic acid groups (broad SMARTS) is 2. The molecule has 0 aliphatic rings. The second-order valence-electron chi connectivity index (χ2n) is 1.05. The fraction of sp³-hybridized carbons (Fsp3) is 0. The van der Waals surface area contributed by atoms with Crippen LogP contribution in [0.4, 0.5) is 0 Å². The Kier molecular flexibility index (Phi) is 19.8. The minimum absolute atomic E-state index is 0. The van der Waals surface area contributed by atoms with E-state index < -0.39 is 11.9 Å². The molecule has 0 aromatic carbocycles. The predicted molar refractivity (Wildman–Crippen MR) is 36.2 cm³/mol. The molecule has 0 saturated heterocycles. The van der Waals surface area contributed by atoms with Crippen molar-refractivity contribution in [1.82, 2.24) is 0 Å². The Bertz CT molecular complexity index is 135. The number of hydrogen-bond donors (Lipinski definition) is 0. The molecule has 0 aliphatic heterocycles. The number of carbonyl (C=O) groups is 2. The van der Waals surface area contributed by atoms with E-state index in [2.05, 4.69) is 13.2 Å². The summed E-state index contributed by atoms with van der Waals surface area (Å²) in [5.74, 6) is -2.46. The van der Waals surface area contributed by atoms with E-state index in [4.69, 9.17) is 19.8 Å². The van der Waals surface area contributed by atoms with E-state index in [1.807, 2.05) is 0 Å². The summed E-state index contributed by atoms with van der Waals surface area (Å²) in [7, 11) is 0. The van der Waals surface area contributed by atoms with Crippen LogP contribution in [0.1, 0.15) is 0 Å². The van der Waals surface area contributed by atoms with E-state index in [9.17, 15) is 0 Å². The second-order valence-corrected chi connectivity index (χ2v) is 1.05. The van der Waals surface area contributed by atoms with Crippen LogP contribution in [0.3, 0.4) is 0 Å². The molecule has 0 spiro atoms. The molecule has 4 nitrogen and oxygen atoms in total. The van der Waals surface area contributed by atoms with Gasteiger partial charge in [0.2, 0.25) is 0 Å². The van der Waals surface area contributed by atoms with Gasteiger partial charge in [-0.1, -0.05) is 13.2 Å². The van der Waals surface area contributed by atoms with Crippen molar-refractivity contribution < 1.29 is 19.8 Å². The topological polar surface area (TPSA) is 80.3 Å². The van der Waals surface area contributed by atoms with E-state index >= 15 is 0 Å². The van der Waals surface area contributed by atoms with E-state index in [0.29, 0.717) is 0 Å². The van der Waals surface area contributed by atoms with Crippen LogP contribution in [-0.4, -0.2) is 60.8 Å². The van der Waals surface area contributed by atoms with Crippen molar-refractivity contribution in [3.63, 3.8) is 0 Å². The minimum atomic E-state index is -1.23. The summed E-state index contributed by atoms with van der Waals surface area (Å²) in [6.45, 7) is 5.80. The average molecular weight is 279 g/mol. The number of carboxylic acids is 2. The maximum absolute atomic E-state index is 9.14. The molecule has 56 valence electrons. The summed E-state index contributed by atoms with van der Waals surface area (Å²) in [6, 6.07) is 0. The molecule has 0 unspecified atom stereocenters. The molecule has 11 heavy (non-hydrogen) atoms. The zero-order valence-electron chi connectivity index (χ0n) is 5.91. The van der Waals surface area contributed by atoms with Gasteiger partial charge in [-0.2, -0.15) is 0 Å².